The lowest BCUT2D eigenvalue weighted by Gasteiger charge is -2.39. The maximum absolute atomic E-state index is 11.7. The van der Waals surface area contributed by atoms with Crippen molar-refractivity contribution in [1.29, 1.82) is 0 Å². The molecule has 0 aromatic heterocycles. The number of hydrogen-bond acceptors (Lipinski definition) is 5. The van der Waals surface area contributed by atoms with Crippen LogP contribution >= 0.6 is 0 Å². The maximum atomic E-state index is 11.7. The average Bonchev–Trinajstić information content (AvgIpc) is 2.37. The van der Waals surface area contributed by atoms with Gasteiger partial charge in [-0.15, -0.1) is 0 Å². The highest BCUT2D eigenvalue weighted by Gasteiger charge is 2.23. The van der Waals surface area contributed by atoms with Crippen molar-refractivity contribution in [3.05, 3.63) is 0 Å². The van der Waals surface area contributed by atoms with Gasteiger partial charge in [-0.2, -0.15) is 0 Å². The summed E-state index contributed by atoms with van der Waals surface area (Å²) in [5.74, 6) is 0.234. The SMILES string of the molecule is COCCN1CCN(CCCS(=O)(=O)N(C)C)C[C@@H]1C. The Morgan fingerprint density at radius 3 is 2.50 bits per heavy atom. The molecule has 0 unspecified atom stereocenters. The molecule has 0 aliphatic carbocycles. The zero-order valence-electron chi connectivity index (χ0n) is 13.2. The lowest BCUT2D eigenvalue weighted by atomic mass is 10.2. The molecule has 1 atom stereocenters. The molecule has 1 fully saturated rings. The first kappa shape index (κ1) is 17.8. The molecule has 0 amide bonds. The molecule has 1 aliphatic heterocycles. The summed E-state index contributed by atoms with van der Waals surface area (Å²) in [4.78, 5) is 4.79. The summed E-state index contributed by atoms with van der Waals surface area (Å²) in [6.45, 7) is 7.87. The second kappa shape index (κ2) is 8.29. The van der Waals surface area contributed by atoms with E-state index >= 15 is 0 Å². The fourth-order valence-corrected chi connectivity index (χ4v) is 3.33. The predicted octanol–water partition coefficient (Wildman–Crippen LogP) is -0.0796. The maximum Gasteiger partial charge on any atom is 0.213 e. The van der Waals surface area contributed by atoms with E-state index in [2.05, 4.69) is 16.7 Å². The first-order valence-corrected chi connectivity index (χ1v) is 8.83. The predicted molar refractivity (Wildman–Crippen MR) is 81.4 cm³/mol. The Bertz CT molecular complexity index is 373. The first-order valence-electron chi connectivity index (χ1n) is 7.22. The van der Waals surface area contributed by atoms with Crippen LogP contribution in [0.4, 0.5) is 0 Å². The summed E-state index contributed by atoms with van der Waals surface area (Å²) in [6.07, 6.45) is 0.700. The minimum Gasteiger partial charge on any atom is -0.383 e. The molecule has 0 spiro atoms. The molecule has 1 rings (SSSR count). The van der Waals surface area contributed by atoms with Gasteiger partial charge in [0.25, 0.3) is 0 Å². The number of hydrogen-bond donors (Lipinski definition) is 0. The molecular formula is C13H29N3O3S. The zero-order valence-corrected chi connectivity index (χ0v) is 14.0. The molecule has 0 aromatic rings. The van der Waals surface area contributed by atoms with Gasteiger partial charge >= 0.3 is 0 Å². The fraction of sp³-hybridized carbons (Fsp3) is 1.00. The van der Waals surface area contributed by atoms with Crippen LogP contribution in [0.15, 0.2) is 0 Å². The third-order valence-electron chi connectivity index (χ3n) is 3.86. The van der Waals surface area contributed by atoms with Gasteiger partial charge in [0, 0.05) is 53.4 Å². The van der Waals surface area contributed by atoms with Gasteiger partial charge in [0.2, 0.25) is 10.0 Å². The largest absolute Gasteiger partial charge is 0.383 e. The van der Waals surface area contributed by atoms with E-state index in [0.29, 0.717) is 12.5 Å². The van der Waals surface area contributed by atoms with Gasteiger partial charge in [-0.05, 0) is 19.9 Å². The third kappa shape index (κ3) is 5.65. The topological polar surface area (TPSA) is 53.1 Å². The van der Waals surface area contributed by atoms with E-state index in [9.17, 15) is 8.42 Å². The van der Waals surface area contributed by atoms with Crippen molar-refractivity contribution in [2.24, 2.45) is 0 Å². The van der Waals surface area contributed by atoms with E-state index in [0.717, 1.165) is 39.3 Å². The standard InChI is InChI=1S/C13H29N3O3S/c1-13-12-15(7-8-16(13)9-10-19-4)6-5-11-20(17,18)14(2)3/h13H,5-12H2,1-4H3/t13-/m0/s1. The molecular weight excluding hydrogens is 278 g/mol. The van der Waals surface area contributed by atoms with Gasteiger partial charge < -0.3 is 9.64 Å². The van der Waals surface area contributed by atoms with Crippen LogP contribution in [-0.2, 0) is 14.8 Å². The highest BCUT2D eigenvalue weighted by Crippen LogP contribution is 2.10. The number of rotatable bonds is 8. The van der Waals surface area contributed by atoms with Crippen molar-refractivity contribution in [2.75, 3.05) is 66.3 Å². The summed E-state index contributed by atoms with van der Waals surface area (Å²) in [5, 5.41) is 0. The second-order valence-corrected chi connectivity index (χ2v) is 7.93. The van der Waals surface area contributed by atoms with E-state index in [1.807, 2.05) is 0 Å². The Labute approximate surface area is 123 Å². The van der Waals surface area contributed by atoms with Crippen LogP contribution in [0, 0.1) is 0 Å². The lowest BCUT2D eigenvalue weighted by molar-refractivity contribution is 0.0592. The quantitative estimate of drug-likeness (QED) is 0.628. The van der Waals surface area contributed by atoms with E-state index in [-0.39, 0.29) is 5.75 Å². The van der Waals surface area contributed by atoms with Gasteiger partial charge in [-0.3, -0.25) is 4.90 Å². The summed E-state index contributed by atoms with van der Waals surface area (Å²) >= 11 is 0. The van der Waals surface area contributed by atoms with Gasteiger partial charge in [0.1, 0.15) is 0 Å². The van der Waals surface area contributed by atoms with E-state index in [4.69, 9.17) is 4.74 Å². The monoisotopic (exact) mass is 307 g/mol. The van der Waals surface area contributed by atoms with Crippen LogP contribution in [0.1, 0.15) is 13.3 Å². The molecule has 0 N–H and O–H groups in total. The van der Waals surface area contributed by atoms with Crippen molar-refractivity contribution >= 4 is 10.0 Å². The molecule has 7 heteroatoms. The smallest absolute Gasteiger partial charge is 0.213 e. The number of ether oxygens (including phenoxy) is 1. The van der Waals surface area contributed by atoms with E-state index in [1.54, 1.807) is 21.2 Å². The molecule has 0 radical (unpaired) electrons. The van der Waals surface area contributed by atoms with Crippen molar-refractivity contribution in [3.63, 3.8) is 0 Å². The van der Waals surface area contributed by atoms with Crippen LogP contribution in [0.25, 0.3) is 0 Å². The highest BCUT2D eigenvalue weighted by atomic mass is 32.2. The number of methoxy groups -OCH3 is 1. The summed E-state index contributed by atoms with van der Waals surface area (Å²) < 4.78 is 29.8. The minimum absolute atomic E-state index is 0.234. The molecule has 0 saturated carbocycles. The van der Waals surface area contributed by atoms with Crippen LogP contribution in [0.3, 0.4) is 0 Å². The molecule has 0 bridgehead atoms. The minimum atomic E-state index is -3.06. The fourth-order valence-electron chi connectivity index (χ4n) is 2.47. The zero-order chi connectivity index (χ0) is 15.2. The van der Waals surface area contributed by atoms with Gasteiger partial charge in [0.05, 0.1) is 12.4 Å². The van der Waals surface area contributed by atoms with Crippen LogP contribution in [-0.4, -0.2) is 94.9 Å². The number of nitrogens with zero attached hydrogens (tertiary/aromatic N) is 3. The van der Waals surface area contributed by atoms with Crippen molar-refractivity contribution in [3.8, 4) is 0 Å². The van der Waals surface area contributed by atoms with Crippen LogP contribution < -0.4 is 0 Å². The average molecular weight is 307 g/mol. The molecule has 1 heterocycles. The van der Waals surface area contributed by atoms with E-state index in [1.165, 1.54) is 4.31 Å². The molecule has 1 saturated heterocycles. The second-order valence-electron chi connectivity index (χ2n) is 5.63. The lowest BCUT2D eigenvalue weighted by Crippen LogP contribution is -2.52. The molecule has 120 valence electrons. The van der Waals surface area contributed by atoms with Gasteiger partial charge in [-0.25, -0.2) is 12.7 Å². The van der Waals surface area contributed by atoms with Crippen LogP contribution in [0.5, 0.6) is 0 Å². The Balaban J connectivity index is 2.28. The van der Waals surface area contributed by atoms with E-state index < -0.39 is 10.0 Å². The number of sulfonamides is 1. The third-order valence-corrected chi connectivity index (χ3v) is 5.78. The van der Waals surface area contributed by atoms with Gasteiger partial charge in [0.15, 0.2) is 0 Å². The molecule has 20 heavy (non-hydrogen) atoms. The van der Waals surface area contributed by atoms with Crippen molar-refractivity contribution < 1.29 is 13.2 Å². The highest BCUT2D eigenvalue weighted by molar-refractivity contribution is 7.89. The van der Waals surface area contributed by atoms with Crippen molar-refractivity contribution in [1.82, 2.24) is 14.1 Å². The van der Waals surface area contributed by atoms with Crippen molar-refractivity contribution in [2.45, 2.75) is 19.4 Å². The normalized spacial score (nSPS) is 22.6. The Kier molecular flexibility index (Phi) is 7.39. The Morgan fingerprint density at radius 2 is 1.95 bits per heavy atom. The summed E-state index contributed by atoms with van der Waals surface area (Å²) in [7, 11) is 1.85. The summed E-state index contributed by atoms with van der Waals surface area (Å²) in [5.41, 5.74) is 0. The molecule has 6 nitrogen and oxygen atoms in total. The Morgan fingerprint density at radius 1 is 1.25 bits per heavy atom. The first-order chi connectivity index (χ1) is 9.36. The summed E-state index contributed by atoms with van der Waals surface area (Å²) in [6, 6.07) is 0.504. The number of piperazine rings is 1. The molecule has 1 aliphatic rings. The van der Waals surface area contributed by atoms with Gasteiger partial charge in [-0.1, -0.05) is 0 Å². The molecule has 0 aromatic carbocycles. The Hall–Kier alpha value is -0.210. The van der Waals surface area contributed by atoms with Crippen LogP contribution in [0.2, 0.25) is 0 Å².